The second-order valence-electron chi connectivity index (χ2n) is 4.07. The van der Waals surface area contributed by atoms with Crippen molar-refractivity contribution in [3.63, 3.8) is 0 Å². The molecule has 0 spiro atoms. The van der Waals surface area contributed by atoms with Gasteiger partial charge in [0, 0.05) is 24.5 Å². The highest BCUT2D eigenvalue weighted by atomic mass is 15.1. The summed E-state index contributed by atoms with van der Waals surface area (Å²) in [5.41, 5.74) is 10.8. The molecule has 14 heavy (non-hydrogen) atoms. The average molecular weight is 190 g/mol. The van der Waals surface area contributed by atoms with Gasteiger partial charge in [-0.2, -0.15) is 0 Å². The molecule has 0 saturated carbocycles. The Morgan fingerprint density at radius 3 is 2.93 bits per heavy atom. The highest BCUT2D eigenvalue weighted by Gasteiger charge is 2.18. The van der Waals surface area contributed by atoms with E-state index in [0.29, 0.717) is 0 Å². The minimum Gasteiger partial charge on any atom is -0.399 e. The topological polar surface area (TPSA) is 29.3 Å². The van der Waals surface area contributed by atoms with E-state index >= 15 is 0 Å². The maximum absolute atomic E-state index is 5.89. The molecule has 1 aromatic rings. The average Bonchev–Trinajstić information content (AvgIpc) is 2.51. The molecule has 76 valence electrons. The predicted octanol–water partition coefficient (Wildman–Crippen LogP) is 2.35. The molecule has 1 aromatic carbocycles. The van der Waals surface area contributed by atoms with Crippen LogP contribution in [0.4, 0.5) is 11.4 Å². The summed E-state index contributed by atoms with van der Waals surface area (Å²) in [4.78, 5) is 2.46. The summed E-state index contributed by atoms with van der Waals surface area (Å²) in [7, 11) is 0. The number of rotatable bonds is 2. The summed E-state index contributed by atoms with van der Waals surface area (Å²) in [5.74, 6) is 0. The Morgan fingerprint density at radius 2 is 2.21 bits per heavy atom. The van der Waals surface area contributed by atoms with Gasteiger partial charge in [-0.15, -0.1) is 0 Å². The van der Waals surface area contributed by atoms with Crippen molar-refractivity contribution in [2.45, 2.75) is 26.7 Å². The molecular weight excluding hydrogens is 172 g/mol. The van der Waals surface area contributed by atoms with Crippen LogP contribution in [0.25, 0.3) is 0 Å². The lowest BCUT2D eigenvalue weighted by Gasteiger charge is -2.19. The van der Waals surface area contributed by atoms with Crippen molar-refractivity contribution in [1.82, 2.24) is 0 Å². The van der Waals surface area contributed by atoms with E-state index in [-0.39, 0.29) is 0 Å². The van der Waals surface area contributed by atoms with Crippen LogP contribution in [0, 0.1) is 6.92 Å². The predicted molar refractivity (Wildman–Crippen MR) is 61.8 cm³/mol. The fourth-order valence-corrected chi connectivity index (χ4v) is 2.13. The Balaban J connectivity index is 2.35. The molecule has 1 aliphatic heterocycles. The molecule has 2 rings (SSSR count). The number of hydrogen-bond acceptors (Lipinski definition) is 2. The highest BCUT2D eigenvalue weighted by molar-refractivity contribution is 5.66. The number of benzene rings is 1. The number of nitrogens with two attached hydrogens (primary N) is 1. The van der Waals surface area contributed by atoms with Gasteiger partial charge < -0.3 is 10.6 Å². The second-order valence-corrected chi connectivity index (χ2v) is 4.07. The largest absolute Gasteiger partial charge is 0.399 e. The highest BCUT2D eigenvalue weighted by Crippen LogP contribution is 2.31. The zero-order valence-corrected chi connectivity index (χ0v) is 9.01. The normalized spacial score (nSPS) is 14.6. The molecule has 1 aliphatic rings. The van der Waals surface area contributed by atoms with Crippen LogP contribution in [0.2, 0.25) is 0 Å². The SMILES string of the molecule is CCCN1CCc2cc(N)c(C)cc21. The van der Waals surface area contributed by atoms with Gasteiger partial charge in [-0.05, 0) is 43.0 Å². The van der Waals surface area contributed by atoms with Crippen molar-refractivity contribution >= 4 is 11.4 Å². The molecule has 0 radical (unpaired) electrons. The van der Waals surface area contributed by atoms with Gasteiger partial charge >= 0.3 is 0 Å². The van der Waals surface area contributed by atoms with E-state index in [1.54, 1.807) is 0 Å². The van der Waals surface area contributed by atoms with Crippen molar-refractivity contribution in [2.24, 2.45) is 0 Å². The zero-order valence-electron chi connectivity index (χ0n) is 9.01. The fourth-order valence-electron chi connectivity index (χ4n) is 2.13. The number of hydrogen-bond donors (Lipinski definition) is 1. The minimum absolute atomic E-state index is 0.932. The van der Waals surface area contributed by atoms with Gasteiger partial charge in [-0.1, -0.05) is 6.92 Å². The molecule has 0 unspecified atom stereocenters. The van der Waals surface area contributed by atoms with Gasteiger partial charge in [0.2, 0.25) is 0 Å². The van der Waals surface area contributed by atoms with Crippen molar-refractivity contribution in [3.05, 3.63) is 23.3 Å². The van der Waals surface area contributed by atoms with E-state index in [4.69, 9.17) is 5.73 Å². The summed E-state index contributed by atoms with van der Waals surface area (Å²) in [6.45, 7) is 6.63. The lowest BCUT2D eigenvalue weighted by atomic mass is 10.1. The lowest BCUT2D eigenvalue weighted by molar-refractivity contribution is 0.796. The van der Waals surface area contributed by atoms with E-state index in [1.165, 1.54) is 23.2 Å². The first-order valence-electron chi connectivity index (χ1n) is 5.36. The van der Waals surface area contributed by atoms with Crippen molar-refractivity contribution in [1.29, 1.82) is 0 Å². The van der Waals surface area contributed by atoms with Crippen molar-refractivity contribution in [3.8, 4) is 0 Å². The summed E-state index contributed by atoms with van der Waals surface area (Å²) < 4.78 is 0. The Bertz CT molecular complexity index is 344. The van der Waals surface area contributed by atoms with Crippen LogP contribution in [0.15, 0.2) is 12.1 Å². The molecule has 0 amide bonds. The third-order valence-electron chi connectivity index (χ3n) is 2.95. The Labute approximate surface area is 85.7 Å². The number of nitrogens with zero attached hydrogens (tertiary/aromatic N) is 1. The van der Waals surface area contributed by atoms with Crippen molar-refractivity contribution < 1.29 is 0 Å². The molecule has 0 aliphatic carbocycles. The molecule has 1 heterocycles. The molecule has 2 heteroatoms. The number of fused-ring (bicyclic) bond motifs is 1. The summed E-state index contributed by atoms with van der Waals surface area (Å²) in [6.07, 6.45) is 2.36. The Morgan fingerprint density at radius 1 is 1.43 bits per heavy atom. The lowest BCUT2D eigenvalue weighted by Crippen LogP contribution is -2.20. The molecule has 0 atom stereocenters. The zero-order chi connectivity index (χ0) is 10.1. The molecule has 2 N–H and O–H groups in total. The van der Waals surface area contributed by atoms with Crippen LogP contribution in [0.5, 0.6) is 0 Å². The number of anilines is 2. The van der Waals surface area contributed by atoms with E-state index in [0.717, 1.165) is 25.2 Å². The monoisotopic (exact) mass is 190 g/mol. The van der Waals surface area contributed by atoms with E-state index in [1.807, 2.05) is 0 Å². The van der Waals surface area contributed by atoms with Gasteiger partial charge in [0.1, 0.15) is 0 Å². The number of aryl methyl sites for hydroxylation is 1. The molecule has 0 fully saturated rings. The first kappa shape index (κ1) is 9.38. The first-order valence-corrected chi connectivity index (χ1v) is 5.36. The van der Waals surface area contributed by atoms with Gasteiger partial charge in [0.25, 0.3) is 0 Å². The smallest absolute Gasteiger partial charge is 0.0403 e. The van der Waals surface area contributed by atoms with E-state index in [2.05, 4.69) is 30.9 Å². The molecule has 0 saturated heterocycles. The van der Waals surface area contributed by atoms with Crippen LogP contribution in [-0.2, 0) is 6.42 Å². The van der Waals surface area contributed by atoms with Gasteiger partial charge in [-0.3, -0.25) is 0 Å². The third kappa shape index (κ3) is 1.45. The Hall–Kier alpha value is -1.18. The molecule has 2 nitrogen and oxygen atoms in total. The summed E-state index contributed by atoms with van der Waals surface area (Å²) in [6, 6.07) is 4.37. The molecule has 0 bridgehead atoms. The van der Waals surface area contributed by atoms with Crippen LogP contribution in [-0.4, -0.2) is 13.1 Å². The van der Waals surface area contributed by atoms with Crippen LogP contribution in [0.1, 0.15) is 24.5 Å². The fraction of sp³-hybridized carbons (Fsp3) is 0.500. The minimum atomic E-state index is 0.932. The summed E-state index contributed by atoms with van der Waals surface area (Å²) >= 11 is 0. The quantitative estimate of drug-likeness (QED) is 0.725. The summed E-state index contributed by atoms with van der Waals surface area (Å²) in [5, 5.41) is 0. The number of nitrogen functional groups attached to an aromatic ring is 1. The second kappa shape index (κ2) is 3.52. The van der Waals surface area contributed by atoms with Gasteiger partial charge in [0.15, 0.2) is 0 Å². The maximum atomic E-state index is 5.89. The van der Waals surface area contributed by atoms with Crippen molar-refractivity contribution in [2.75, 3.05) is 23.7 Å². The van der Waals surface area contributed by atoms with Crippen LogP contribution >= 0.6 is 0 Å². The van der Waals surface area contributed by atoms with Gasteiger partial charge in [0.05, 0.1) is 0 Å². The van der Waals surface area contributed by atoms with Gasteiger partial charge in [-0.25, -0.2) is 0 Å². The van der Waals surface area contributed by atoms with Crippen LogP contribution < -0.4 is 10.6 Å². The Kier molecular flexibility index (Phi) is 2.36. The third-order valence-corrected chi connectivity index (χ3v) is 2.95. The first-order chi connectivity index (χ1) is 6.72. The standard InChI is InChI=1S/C12H18N2/c1-3-5-14-6-4-10-8-11(13)9(2)7-12(10)14/h7-8H,3-6,13H2,1-2H3. The maximum Gasteiger partial charge on any atom is 0.0403 e. The van der Waals surface area contributed by atoms with E-state index in [9.17, 15) is 0 Å². The molecule has 0 aromatic heterocycles. The van der Waals surface area contributed by atoms with E-state index < -0.39 is 0 Å². The molecular formula is C12H18N2. The van der Waals surface area contributed by atoms with Crippen LogP contribution in [0.3, 0.4) is 0 Å².